The van der Waals surface area contributed by atoms with Gasteiger partial charge in [-0.15, -0.1) is 0 Å². The number of pyridine rings is 1. The first-order chi connectivity index (χ1) is 9.20. The molecule has 0 atom stereocenters. The summed E-state index contributed by atoms with van der Waals surface area (Å²) in [5.74, 6) is 4.66. The number of carbonyl (C=O) groups is 1. The van der Waals surface area contributed by atoms with Gasteiger partial charge in [-0.2, -0.15) is 0 Å². The highest BCUT2D eigenvalue weighted by Gasteiger charge is 2.10. The van der Waals surface area contributed by atoms with Crippen LogP contribution in [0, 0.1) is 5.82 Å². The molecule has 5 nitrogen and oxygen atoms in total. The number of carbonyl (C=O) groups excluding carboxylic acids is 1. The first-order valence-corrected chi connectivity index (χ1v) is 5.64. The Morgan fingerprint density at radius 2 is 2.21 bits per heavy atom. The molecule has 0 saturated heterocycles. The molecule has 98 valence electrons. The lowest BCUT2D eigenvalue weighted by atomic mass is 10.2. The van der Waals surface area contributed by atoms with Gasteiger partial charge in [0.1, 0.15) is 5.82 Å². The molecule has 0 saturated carbocycles. The third-order valence-corrected chi connectivity index (χ3v) is 2.56. The minimum atomic E-state index is -0.333. The summed E-state index contributed by atoms with van der Waals surface area (Å²) in [7, 11) is 0. The molecule has 4 N–H and O–H groups in total. The maximum atomic E-state index is 13.0. The van der Waals surface area contributed by atoms with E-state index < -0.39 is 0 Å². The third kappa shape index (κ3) is 3.26. The number of nitrogens with zero attached hydrogens (tertiary/aromatic N) is 1. The quantitative estimate of drug-likeness (QED) is 0.574. The summed E-state index contributed by atoms with van der Waals surface area (Å²) in [5.41, 5.74) is 3.90. The van der Waals surface area contributed by atoms with Gasteiger partial charge in [0, 0.05) is 12.7 Å². The molecule has 2 rings (SSSR count). The summed E-state index contributed by atoms with van der Waals surface area (Å²) in [6.07, 6.45) is 2.95. The minimum Gasteiger partial charge on any atom is -0.348 e. The van der Waals surface area contributed by atoms with Crippen molar-refractivity contribution in [2.24, 2.45) is 5.84 Å². The van der Waals surface area contributed by atoms with Crippen molar-refractivity contribution in [1.29, 1.82) is 0 Å². The van der Waals surface area contributed by atoms with Gasteiger partial charge in [-0.1, -0.05) is 12.1 Å². The second-order valence-corrected chi connectivity index (χ2v) is 3.88. The number of nitrogen functional groups attached to an aromatic ring is 1. The van der Waals surface area contributed by atoms with E-state index in [1.54, 1.807) is 18.2 Å². The van der Waals surface area contributed by atoms with Crippen LogP contribution in [0.1, 0.15) is 15.9 Å². The monoisotopic (exact) mass is 260 g/mol. The average Bonchev–Trinajstić information content (AvgIpc) is 2.45. The fourth-order valence-corrected chi connectivity index (χ4v) is 1.63. The lowest BCUT2D eigenvalue weighted by Gasteiger charge is -2.09. The molecular formula is C13H13FN4O. The zero-order valence-electron chi connectivity index (χ0n) is 10.1. The Hall–Kier alpha value is -2.47. The topological polar surface area (TPSA) is 80.0 Å². The Morgan fingerprint density at radius 1 is 1.37 bits per heavy atom. The fraction of sp³-hybridized carbons (Fsp3) is 0.0769. The van der Waals surface area contributed by atoms with Gasteiger partial charge in [-0.25, -0.2) is 4.39 Å². The maximum Gasteiger partial charge on any atom is 0.253 e. The van der Waals surface area contributed by atoms with E-state index in [0.29, 0.717) is 16.8 Å². The minimum absolute atomic E-state index is 0.239. The Balaban J connectivity index is 2.05. The van der Waals surface area contributed by atoms with Gasteiger partial charge in [0.25, 0.3) is 5.91 Å². The molecule has 0 aliphatic rings. The Bertz CT molecular complexity index is 588. The molecule has 1 aromatic heterocycles. The number of amides is 1. The van der Waals surface area contributed by atoms with Gasteiger partial charge in [-0.05, 0) is 23.8 Å². The standard InChI is InChI=1S/C13H13FN4O/c14-10-3-1-2-9(6-10)7-17-13(19)11-4-5-16-8-12(11)18-15/h1-6,8,18H,7,15H2,(H,17,19). The number of aromatic nitrogens is 1. The largest absolute Gasteiger partial charge is 0.348 e. The lowest BCUT2D eigenvalue weighted by Crippen LogP contribution is -2.25. The van der Waals surface area contributed by atoms with Crippen molar-refractivity contribution in [3.8, 4) is 0 Å². The van der Waals surface area contributed by atoms with Crippen LogP contribution in [-0.4, -0.2) is 10.9 Å². The van der Waals surface area contributed by atoms with Crippen molar-refractivity contribution in [3.63, 3.8) is 0 Å². The SMILES string of the molecule is NNc1cnccc1C(=O)NCc1cccc(F)c1. The number of benzene rings is 1. The van der Waals surface area contributed by atoms with E-state index in [2.05, 4.69) is 15.7 Å². The molecule has 19 heavy (non-hydrogen) atoms. The van der Waals surface area contributed by atoms with E-state index in [1.165, 1.54) is 24.5 Å². The summed E-state index contributed by atoms with van der Waals surface area (Å²) in [6, 6.07) is 7.60. The van der Waals surface area contributed by atoms with E-state index in [-0.39, 0.29) is 18.3 Å². The van der Waals surface area contributed by atoms with E-state index in [4.69, 9.17) is 5.84 Å². The fourth-order valence-electron chi connectivity index (χ4n) is 1.63. The van der Waals surface area contributed by atoms with Gasteiger partial charge >= 0.3 is 0 Å². The third-order valence-electron chi connectivity index (χ3n) is 2.56. The van der Waals surface area contributed by atoms with Crippen molar-refractivity contribution in [1.82, 2.24) is 10.3 Å². The van der Waals surface area contributed by atoms with Gasteiger partial charge < -0.3 is 10.7 Å². The molecule has 0 spiro atoms. The molecule has 0 bridgehead atoms. The summed E-state index contributed by atoms with van der Waals surface area (Å²) in [4.78, 5) is 15.8. The van der Waals surface area contributed by atoms with Crippen LogP contribution in [0.4, 0.5) is 10.1 Å². The van der Waals surface area contributed by atoms with Crippen LogP contribution in [0.25, 0.3) is 0 Å². The molecular weight excluding hydrogens is 247 g/mol. The summed E-state index contributed by atoms with van der Waals surface area (Å²) in [5, 5.41) is 2.69. The molecule has 0 radical (unpaired) electrons. The summed E-state index contributed by atoms with van der Waals surface area (Å²) >= 11 is 0. The smallest absolute Gasteiger partial charge is 0.253 e. The number of nitrogens with one attached hydrogen (secondary N) is 2. The highest BCUT2D eigenvalue weighted by molar-refractivity contribution is 5.99. The molecule has 6 heteroatoms. The second-order valence-electron chi connectivity index (χ2n) is 3.88. The van der Waals surface area contributed by atoms with Crippen LogP contribution in [0.3, 0.4) is 0 Å². The normalized spacial score (nSPS) is 10.0. The predicted octanol–water partition coefficient (Wildman–Crippen LogP) is 1.44. The highest BCUT2D eigenvalue weighted by atomic mass is 19.1. The van der Waals surface area contributed by atoms with Crippen molar-refractivity contribution < 1.29 is 9.18 Å². The average molecular weight is 260 g/mol. The van der Waals surface area contributed by atoms with Crippen LogP contribution in [-0.2, 0) is 6.54 Å². The second kappa shape index (κ2) is 5.92. The number of nitrogens with two attached hydrogens (primary N) is 1. The predicted molar refractivity (Wildman–Crippen MR) is 69.6 cm³/mol. The highest BCUT2D eigenvalue weighted by Crippen LogP contribution is 2.11. The van der Waals surface area contributed by atoms with Crippen molar-refractivity contribution in [2.45, 2.75) is 6.54 Å². The molecule has 0 unspecified atom stereocenters. The Labute approximate surface area is 109 Å². The zero-order valence-corrected chi connectivity index (χ0v) is 10.1. The van der Waals surface area contributed by atoms with Gasteiger partial charge in [0.15, 0.2) is 0 Å². The van der Waals surface area contributed by atoms with Crippen molar-refractivity contribution >= 4 is 11.6 Å². The molecule has 0 aliphatic heterocycles. The molecule has 0 fully saturated rings. The van der Waals surface area contributed by atoms with E-state index in [1.807, 2.05) is 0 Å². The van der Waals surface area contributed by atoms with E-state index >= 15 is 0 Å². The first-order valence-electron chi connectivity index (χ1n) is 5.64. The number of anilines is 1. The number of hydrogen-bond donors (Lipinski definition) is 3. The van der Waals surface area contributed by atoms with Crippen LogP contribution >= 0.6 is 0 Å². The number of rotatable bonds is 4. The zero-order chi connectivity index (χ0) is 13.7. The van der Waals surface area contributed by atoms with Crippen LogP contribution in [0.5, 0.6) is 0 Å². The maximum absolute atomic E-state index is 13.0. The van der Waals surface area contributed by atoms with Crippen molar-refractivity contribution in [2.75, 3.05) is 5.43 Å². The summed E-state index contributed by atoms with van der Waals surface area (Å²) < 4.78 is 13.0. The first kappa shape index (κ1) is 13.0. The van der Waals surface area contributed by atoms with E-state index in [9.17, 15) is 9.18 Å². The van der Waals surface area contributed by atoms with Crippen molar-refractivity contribution in [3.05, 3.63) is 59.7 Å². The number of hydrogen-bond acceptors (Lipinski definition) is 4. The Kier molecular flexibility index (Phi) is 4.04. The Morgan fingerprint density at radius 3 is 2.95 bits per heavy atom. The van der Waals surface area contributed by atoms with Crippen LogP contribution < -0.4 is 16.6 Å². The van der Waals surface area contributed by atoms with Gasteiger partial charge in [-0.3, -0.25) is 15.6 Å². The molecule has 1 aromatic carbocycles. The molecule has 1 amide bonds. The number of halogens is 1. The summed E-state index contributed by atoms with van der Waals surface area (Å²) in [6.45, 7) is 0.239. The van der Waals surface area contributed by atoms with E-state index in [0.717, 1.165) is 0 Å². The van der Waals surface area contributed by atoms with Crippen LogP contribution in [0.15, 0.2) is 42.7 Å². The lowest BCUT2D eigenvalue weighted by molar-refractivity contribution is 0.0951. The number of hydrazine groups is 1. The molecule has 2 aromatic rings. The molecule has 1 heterocycles. The van der Waals surface area contributed by atoms with Crippen LogP contribution in [0.2, 0.25) is 0 Å². The van der Waals surface area contributed by atoms with Gasteiger partial charge in [0.05, 0.1) is 17.4 Å². The molecule has 0 aliphatic carbocycles. The van der Waals surface area contributed by atoms with Gasteiger partial charge in [0.2, 0.25) is 0 Å².